The maximum Gasteiger partial charge on any atom is 0.277 e. The van der Waals surface area contributed by atoms with Crippen molar-refractivity contribution in [1.82, 2.24) is 4.98 Å². The molecule has 0 saturated heterocycles. The zero-order valence-electron chi connectivity index (χ0n) is 12.9. The maximum atomic E-state index is 12.6. The lowest BCUT2D eigenvalue weighted by Gasteiger charge is -2.17. The first-order chi connectivity index (χ1) is 11.5. The lowest BCUT2D eigenvalue weighted by atomic mass is 10.2. The number of hydrogen-bond acceptors (Lipinski definition) is 3. The molecule has 0 fully saturated rings. The predicted molar refractivity (Wildman–Crippen MR) is 103 cm³/mol. The summed E-state index contributed by atoms with van der Waals surface area (Å²) in [7, 11) is 1.70. The topological polar surface area (TPSA) is 33.2 Å². The molecule has 0 aliphatic rings. The number of aromatic nitrogens is 1. The van der Waals surface area contributed by atoms with Gasteiger partial charge in [-0.3, -0.25) is 4.79 Å². The highest BCUT2D eigenvalue weighted by Crippen LogP contribution is 2.29. The lowest BCUT2D eigenvalue weighted by Crippen LogP contribution is -2.26. The number of hydrogen-bond donors (Lipinski definition) is 0. The van der Waals surface area contributed by atoms with Crippen LogP contribution in [0.15, 0.2) is 58.4 Å². The minimum absolute atomic E-state index is 0.171. The van der Waals surface area contributed by atoms with Crippen LogP contribution in [0.4, 0.5) is 5.69 Å². The summed E-state index contributed by atoms with van der Waals surface area (Å²) in [5, 5.41) is 3.23. The van der Waals surface area contributed by atoms with Crippen molar-refractivity contribution in [2.45, 2.75) is 6.42 Å². The van der Waals surface area contributed by atoms with Crippen LogP contribution in [0.25, 0.3) is 0 Å². The number of halogens is 2. The van der Waals surface area contributed by atoms with Gasteiger partial charge in [-0.1, -0.05) is 57.9 Å². The Hall–Kier alpha value is -1.69. The van der Waals surface area contributed by atoms with Crippen LogP contribution in [0.1, 0.15) is 21.1 Å². The normalized spacial score (nSPS) is 10.6. The van der Waals surface area contributed by atoms with Crippen LogP contribution >= 0.6 is 38.9 Å². The number of nitrogens with zero attached hydrogens (tertiary/aromatic N) is 2. The Morgan fingerprint density at radius 3 is 2.71 bits per heavy atom. The van der Waals surface area contributed by atoms with Gasteiger partial charge in [-0.25, -0.2) is 4.98 Å². The molecule has 0 radical (unpaired) electrons. The van der Waals surface area contributed by atoms with E-state index in [2.05, 4.69) is 33.0 Å². The van der Waals surface area contributed by atoms with Crippen molar-refractivity contribution >= 4 is 50.5 Å². The van der Waals surface area contributed by atoms with Gasteiger partial charge in [-0.15, -0.1) is 11.3 Å². The number of anilines is 1. The summed E-state index contributed by atoms with van der Waals surface area (Å²) < 4.78 is 0.871. The van der Waals surface area contributed by atoms with Crippen LogP contribution in [-0.2, 0) is 6.42 Å². The number of amides is 1. The Kier molecular flexibility index (Phi) is 5.33. The molecule has 122 valence electrons. The first-order valence-corrected chi connectivity index (χ1v) is 9.31. The molecule has 0 unspecified atom stereocenters. The van der Waals surface area contributed by atoms with Crippen molar-refractivity contribution in [3.8, 4) is 0 Å². The van der Waals surface area contributed by atoms with Gasteiger partial charge in [0.15, 0.2) is 0 Å². The third-order valence-electron chi connectivity index (χ3n) is 3.54. The lowest BCUT2D eigenvalue weighted by molar-refractivity contribution is 0.0989. The van der Waals surface area contributed by atoms with Crippen LogP contribution in [-0.4, -0.2) is 17.9 Å². The third kappa shape index (κ3) is 3.86. The second-order valence-electron chi connectivity index (χ2n) is 5.25. The molecule has 0 bridgehead atoms. The van der Waals surface area contributed by atoms with Gasteiger partial charge in [0.05, 0.1) is 15.7 Å². The average molecular weight is 422 g/mol. The van der Waals surface area contributed by atoms with E-state index in [0.29, 0.717) is 16.4 Å². The highest BCUT2D eigenvalue weighted by molar-refractivity contribution is 9.10. The van der Waals surface area contributed by atoms with Gasteiger partial charge in [0.25, 0.3) is 5.91 Å². The summed E-state index contributed by atoms with van der Waals surface area (Å²) >= 11 is 11.1. The van der Waals surface area contributed by atoms with Crippen molar-refractivity contribution < 1.29 is 4.79 Å². The van der Waals surface area contributed by atoms with E-state index in [-0.39, 0.29) is 5.91 Å². The number of carbonyl (C=O) groups excluding carboxylic acids is 1. The van der Waals surface area contributed by atoms with Gasteiger partial charge < -0.3 is 4.90 Å². The number of rotatable bonds is 4. The molecule has 3 aromatic rings. The maximum absolute atomic E-state index is 12.6. The van der Waals surface area contributed by atoms with Gasteiger partial charge in [0, 0.05) is 23.3 Å². The SMILES string of the molecule is CN(C(=O)c1csc(Cc2ccccc2)n1)c1ccc(Br)cc1Cl. The number of thiazole rings is 1. The van der Waals surface area contributed by atoms with E-state index in [1.807, 2.05) is 30.3 Å². The fourth-order valence-electron chi connectivity index (χ4n) is 2.30. The molecule has 1 amide bonds. The quantitative estimate of drug-likeness (QED) is 0.563. The fourth-order valence-corrected chi connectivity index (χ4v) is 3.90. The van der Waals surface area contributed by atoms with Crippen LogP contribution < -0.4 is 4.90 Å². The summed E-state index contributed by atoms with van der Waals surface area (Å²) in [6.45, 7) is 0. The second-order valence-corrected chi connectivity index (χ2v) is 7.51. The second kappa shape index (κ2) is 7.47. The van der Waals surface area contributed by atoms with Crippen molar-refractivity contribution in [1.29, 1.82) is 0 Å². The van der Waals surface area contributed by atoms with E-state index in [1.165, 1.54) is 21.8 Å². The van der Waals surface area contributed by atoms with E-state index in [9.17, 15) is 4.79 Å². The fraction of sp³-hybridized carbons (Fsp3) is 0.111. The van der Waals surface area contributed by atoms with Crippen molar-refractivity contribution in [3.63, 3.8) is 0 Å². The highest BCUT2D eigenvalue weighted by Gasteiger charge is 2.19. The highest BCUT2D eigenvalue weighted by atomic mass is 79.9. The minimum atomic E-state index is -0.171. The summed E-state index contributed by atoms with van der Waals surface area (Å²) in [5.41, 5.74) is 2.27. The Bertz CT molecular complexity index is 866. The van der Waals surface area contributed by atoms with Crippen molar-refractivity contribution in [2.24, 2.45) is 0 Å². The van der Waals surface area contributed by atoms with Gasteiger partial charge in [0.1, 0.15) is 5.69 Å². The Morgan fingerprint density at radius 2 is 2.00 bits per heavy atom. The molecule has 1 aromatic heterocycles. The zero-order valence-corrected chi connectivity index (χ0v) is 16.0. The standard InChI is InChI=1S/C18H14BrClN2OS/c1-22(16-8-7-13(19)10-14(16)20)18(23)15-11-24-17(21-15)9-12-5-3-2-4-6-12/h2-8,10-11H,9H2,1H3. The zero-order chi connectivity index (χ0) is 17.1. The summed E-state index contributed by atoms with van der Waals surface area (Å²) in [6.07, 6.45) is 0.724. The molecule has 0 aliphatic heterocycles. The Balaban J connectivity index is 1.78. The number of benzene rings is 2. The van der Waals surface area contributed by atoms with E-state index in [0.717, 1.165) is 15.9 Å². The minimum Gasteiger partial charge on any atom is -0.309 e. The molecule has 24 heavy (non-hydrogen) atoms. The molecule has 0 spiro atoms. The Labute approximate surface area is 158 Å². The van der Waals surface area contributed by atoms with E-state index in [1.54, 1.807) is 18.5 Å². The molecule has 0 N–H and O–H groups in total. The third-order valence-corrected chi connectivity index (χ3v) is 5.19. The van der Waals surface area contributed by atoms with Gasteiger partial charge in [-0.05, 0) is 23.8 Å². The molecule has 0 atom stereocenters. The summed E-state index contributed by atoms with van der Waals surface area (Å²) in [6, 6.07) is 15.5. The van der Waals surface area contributed by atoms with Gasteiger partial charge >= 0.3 is 0 Å². The molecule has 3 rings (SSSR count). The molecule has 2 aromatic carbocycles. The molecule has 0 saturated carbocycles. The molecule has 0 aliphatic carbocycles. The Morgan fingerprint density at radius 1 is 1.25 bits per heavy atom. The number of carbonyl (C=O) groups is 1. The van der Waals surface area contributed by atoms with Crippen LogP contribution in [0, 0.1) is 0 Å². The van der Waals surface area contributed by atoms with Crippen molar-refractivity contribution in [2.75, 3.05) is 11.9 Å². The first-order valence-electron chi connectivity index (χ1n) is 7.26. The largest absolute Gasteiger partial charge is 0.309 e. The van der Waals surface area contributed by atoms with Crippen LogP contribution in [0.2, 0.25) is 5.02 Å². The van der Waals surface area contributed by atoms with Crippen LogP contribution in [0.5, 0.6) is 0 Å². The summed E-state index contributed by atoms with van der Waals surface area (Å²) in [5.74, 6) is -0.171. The van der Waals surface area contributed by atoms with E-state index in [4.69, 9.17) is 11.6 Å². The molecular weight excluding hydrogens is 408 g/mol. The average Bonchev–Trinajstić information content (AvgIpc) is 3.03. The predicted octanol–water partition coefficient (Wildman–Crippen LogP) is 5.43. The summed E-state index contributed by atoms with van der Waals surface area (Å²) in [4.78, 5) is 18.6. The smallest absolute Gasteiger partial charge is 0.277 e. The monoisotopic (exact) mass is 420 g/mol. The van der Waals surface area contributed by atoms with Gasteiger partial charge in [0.2, 0.25) is 0 Å². The van der Waals surface area contributed by atoms with Crippen molar-refractivity contribution in [3.05, 3.63) is 79.7 Å². The molecule has 6 heteroatoms. The first kappa shape index (κ1) is 17.1. The molecule has 3 nitrogen and oxygen atoms in total. The van der Waals surface area contributed by atoms with E-state index >= 15 is 0 Å². The molecular formula is C18H14BrClN2OS. The molecule has 1 heterocycles. The van der Waals surface area contributed by atoms with Crippen LogP contribution in [0.3, 0.4) is 0 Å². The van der Waals surface area contributed by atoms with Gasteiger partial charge in [-0.2, -0.15) is 0 Å². The van der Waals surface area contributed by atoms with E-state index < -0.39 is 0 Å².